The second-order valence-electron chi connectivity index (χ2n) is 3.98. The lowest BCUT2D eigenvalue weighted by atomic mass is 10.2. The van der Waals surface area contributed by atoms with E-state index in [0.717, 1.165) is 11.1 Å². The summed E-state index contributed by atoms with van der Waals surface area (Å²) in [4.78, 5) is 13.5. The molecule has 16 heavy (non-hydrogen) atoms. The molecule has 1 saturated heterocycles. The van der Waals surface area contributed by atoms with Gasteiger partial charge in [0.1, 0.15) is 6.61 Å². The molecule has 0 aromatic heterocycles. The van der Waals surface area contributed by atoms with E-state index in [2.05, 4.69) is 6.58 Å². The van der Waals surface area contributed by atoms with Gasteiger partial charge in [-0.25, -0.2) is 0 Å². The van der Waals surface area contributed by atoms with Crippen LogP contribution in [-0.4, -0.2) is 30.6 Å². The molecular weight excluding hydrogens is 202 g/mol. The molecule has 1 aliphatic heterocycles. The molecule has 0 N–H and O–H groups in total. The van der Waals surface area contributed by atoms with Crippen molar-refractivity contribution >= 4 is 5.91 Å². The van der Waals surface area contributed by atoms with Gasteiger partial charge in [-0.2, -0.15) is 0 Å². The normalized spacial score (nSPS) is 17.4. The van der Waals surface area contributed by atoms with E-state index >= 15 is 0 Å². The van der Waals surface area contributed by atoms with Crippen LogP contribution in [0.25, 0.3) is 0 Å². The monoisotopic (exact) mass is 217 g/mol. The number of carbonyl (C=O) groups is 1. The van der Waals surface area contributed by atoms with Crippen LogP contribution < -0.4 is 0 Å². The predicted molar refractivity (Wildman–Crippen MR) is 61.8 cm³/mol. The maximum atomic E-state index is 11.7. The van der Waals surface area contributed by atoms with Crippen molar-refractivity contribution in [3.05, 3.63) is 48.0 Å². The number of hydrogen-bond donors (Lipinski definition) is 0. The Morgan fingerprint density at radius 1 is 1.25 bits per heavy atom. The van der Waals surface area contributed by atoms with E-state index in [1.807, 2.05) is 30.3 Å². The molecule has 0 unspecified atom stereocenters. The minimum Gasteiger partial charge on any atom is -0.367 e. The van der Waals surface area contributed by atoms with E-state index in [4.69, 9.17) is 4.74 Å². The maximum absolute atomic E-state index is 11.7. The topological polar surface area (TPSA) is 29.5 Å². The number of benzene rings is 1. The summed E-state index contributed by atoms with van der Waals surface area (Å²) in [5.74, 6) is 0.0301. The Labute approximate surface area is 95.3 Å². The molecule has 3 nitrogen and oxygen atoms in total. The smallest absolute Gasteiger partial charge is 0.249 e. The summed E-state index contributed by atoms with van der Waals surface area (Å²) >= 11 is 0. The average molecular weight is 217 g/mol. The van der Waals surface area contributed by atoms with Crippen LogP contribution >= 0.6 is 0 Å². The molecule has 0 spiro atoms. The molecule has 0 bridgehead atoms. The number of rotatable bonds is 2. The van der Waals surface area contributed by atoms with Crippen LogP contribution in [0.5, 0.6) is 0 Å². The van der Waals surface area contributed by atoms with Gasteiger partial charge in [0.25, 0.3) is 0 Å². The van der Waals surface area contributed by atoms with E-state index in [0.29, 0.717) is 19.7 Å². The van der Waals surface area contributed by atoms with Gasteiger partial charge in [0.15, 0.2) is 0 Å². The zero-order valence-corrected chi connectivity index (χ0v) is 9.19. The zero-order chi connectivity index (χ0) is 11.4. The Hall–Kier alpha value is -1.61. The molecule has 1 heterocycles. The Kier molecular flexibility index (Phi) is 3.37. The van der Waals surface area contributed by atoms with Crippen LogP contribution in [-0.2, 0) is 16.1 Å². The first-order valence-electron chi connectivity index (χ1n) is 5.32. The second kappa shape index (κ2) is 4.94. The predicted octanol–water partition coefficient (Wildman–Crippen LogP) is 1.60. The highest BCUT2D eigenvalue weighted by Gasteiger charge is 2.18. The molecule has 1 amide bonds. The summed E-state index contributed by atoms with van der Waals surface area (Å²) in [7, 11) is 0. The molecule has 1 aromatic rings. The molecule has 0 saturated carbocycles. The highest BCUT2D eigenvalue weighted by molar-refractivity contribution is 5.78. The van der Waals surface area contributed by atoms with Gasteiger partial charge in [-0.15, -0.1) is 0 Å². The highest BCUT2D eigenvalue weighted by atomic mass is 16.5. The van der Waals surface area contributed by atoms with Crippen LogP contribution in [0.4, 0.5) is 0 Å². The summed E-state index contributed by atoms with van der Waals surface area (Å²) < 4.78 is 5.20. The minimum absolute atomic E-state index is 0.0301. The van der Waals surface area contributed by atoms with Gasteiger partial charge < -0.3 is 9.64 Å². The second-order valence-corrected chi connectivity index (χ2v) is 3.98. The zero-order valence-electron chi connectivity index (χ0n) is 9.19. The largest absolute Gasteiger partial charge is 0.367 e. The SMILES string of the molecule is C=C1COCC(=O)N(Cc2ccccc2)C1. The fraction of sp³-hybridized carbons (Fsp3) is 0.308. The first-order valence-corrected chi connectivity index (χ1v) is 5.32. The Balaban J connectivity index is 2.07. The molecule has 3 heteroatoms. The van der Waals surface area contributed by atoms with Crippen molar-refractivity contribution in [1.82, 2.24) is 4.90 Å². The van der Waals surface area contributed by atoms with Gasteiger partial charge in [-0.1, -0.05) is 36.9 Å². The first kappa shape index (κ1) is 10.9. The molecular formula is C13H15NO2. The summed E-state index contributed by atoms with van der Waals surface area (Å²) in [5, 5.41) is 0. The third-order valence-electron chi connectivity index (χ3n) is 2.52. The lowest BCUT2D eigenvalue weighted by molar-refractivity contribution is -0.134. The standard InChI is InChI=1S/C13H15NO2/c1-11-7-14(13(15)10-16-9-11)8-12-5-3-2-4-6-12/h2-6H,1,7-10H2. The van der Waals surface area contributed by atoms with Crippen molar-refractivity contribution in [2.75, 3.05) is 19.8 Å². The molecule has 84 valence electrons. The fourth-order valence-electron chi connectivity index (χ4n) is 1.73. The number of nitrogens with zero attached hydrogens (tertiary/aromatic N) is 1. The van der Waals surface area contributed by atoms with Gasteiger partial charge >= 0.3 is 0 Å². The van der Waals surface area contributed by atoms with Gasteiger partial charge in [0.2, 0.25) is 5.91 Å². The lowest BCUT2D eigenvalue weighted by Crippen LogP contribution is -2.32. The van der Waals surface area contributed by atoms with E-state index in [1.54, 1.807) is 4.90 Å². The quantitative estimate of drug-likeness (QED) is 0.704. The number of hydrogen-bond acceptors (Lipinski definition) is 2. The van der Waals surface area contributed by atoms with Crippen molar-refractivity contribution in [2.24, 2.45) is 0 Å². The summed E-state index contributed by atoms with van der Waals surface area (Å²) in [6.45, 7) is 5.74. The minimum atomic E-state index is 0.0301. The molecule has 0 atom stereocenters. The molecule has 1 aliphatic rings. The molecule has 0 aliphatic carbocycles. The van der Waals surface area contributed by atoms with Gasteiger partial charge in [-0.05, 0) is 11.1 Å². The van der Waals surface area contributed by atoms with Crippen molar-refractivity contribution < 1.29 is 9.53 Å². The van der Waals surface area contributed by atoms with E-state index in [1.165, 1.54) is 0 Å². The maximum Gasteiger partial charge on any atom is 0.249 e. The molecule has 1 fully saturated rings. The number of ether oxygens (including phenoxy) is 1. The van der Waals surface area contributed by atoms with E-state index in [-0.39, 0.29) is 12.5 Å². The van der Waals surface area contributed by atoms with Gasteiger partial charge in [0, 0.05) is 13.1 Å². The van der Waals surface area contributed by atoms with Gasteiger partial charge in [-0.3, -0.25) is 4.79 Å². The average Bonchev–Trinajstić information content (AvgIpc) is 2.43. The molecule has 2 rings (SSSR count). The van der Waals surface area contributed by atoms with Gasteiger partial charge in [0.05, 0.1) is 6.61 Å². The Bertz CT molecular complexity index is 386. The van der Waals surface area contributed by atoms with E-state index < -0.39 is 0 Å². The van der Waals surface area contributed by atoms with E-state index in [9.17, 15) is 4.79 Å². The van der Waals surface area contributed by atoms with Crippen molar-refractivity contribution in [2.45, 2.75) is 6.54 Å². The van der Waals surface area contributed by atoms with Crippen LogP contribution in [0.1, 0.15) is 5.56 Å². The summed E-state index contributed by atoms with van der Waals surface area (Å²) in [5.41, 5.74) is 2.08. The van der Waals surface area contributed by atoms with Crippen LogP contribution in [0, 0.1) is 0 Å². The van der Waals surface area contributed by atoms with Crippen molar-refractivity contribution in [3.63, 3.8) is 0 Å². The first-order chi connectivity index (χ1) is 7.75. The fourth-order valence-corrected chi connectivity index (χ4v) is 1.73. The van der Waals surface area contributed by atoms with Crippen LogP contribution in [0.3, 0.4) is 0 Å². The van der Waals surface area contributed by atoms with Crippen LogP contribution in [0.15, 0.2) is 42.5 Å². The third-order valence-corrected chi connectivity index (χ3v) is 2.52. The third kappa shape index (κ3) is 2.70. The summed E-state index contributed by atoms with van der Waals surface area (Å²) in [6, 6.07) is 9.95. The van der Waals surface area contributed by atoms with Crippen LogP contribution in [0.2, 0.25) is 0 Å². The number of carbonyl (C=O) groups excluding carboxylic acids is 1. The van der Waals surface area contributed by atoms with Crippen molar-refractivity contribution in [3.8, 4) is 0 Å². The Morgan fingerprint density at radius 3 is 2.75 bits per heavy atom. The number of amides is 1. The summed E-state index contributed by atoms with van der Waals surface area (Å²) in [6.07, 6.45) is 0. The molecule has 1 aromatic carbocycles. The highest BCUT2D eigenvalue weighted by Crippen LogP contribution is 2.10. The lowest BCUT2D eigenvalue weighted by Gasteiger charge is -2.20. The Morgan fingerprint density at radius 2 is 2.00 bits per heavy atom. The van der Waals surface area contributed by atoms with Crippen molar-refractivity contribution in [1.29, 1.82) is 0 Å². The molecule has 0 radical (unpaired) electrons.